The highest BCUT2D eigenvalue weighted by atomic mass is 79.9. The summed E-state index contributed by atoms with van der Waals surface area (Å²) in [6, 6.07) is 0. The summed E-state index contributed by atoms with van der Waals surface area (Å²) in [5.41, 5.74) is 0. The van der Waals surface area contributed by atoms with Crippen LogP contribution in [0.1, 0.15) is 6.92 Å². The lowest BCUT2D eigenvalue weighted by Crippen LogP contribution is -2.36. The molecule has 0 radical (unpaired) electrons. The fraction of sp³-hybridized carbons (Fsp3) is 0.571. The zero-order valence-electron chi connectivity index (χ0n) is 9.16. The van der Waals surface area contributed by atoms with Gasteiger partial charge >= 0.3 is 5.97 Å². The Kier molecular flexibility index (Phi) is 4.22. The first-order valence-corrected chi connectivity index (χ1v) is 6.81. The van der Waals surface area contributed by atoms with Crippen molar-refractivity contribution in [3.8, 4) is 0 Å². The molecule has 17 heavy (non-hydrogen) atoms. The van der Waals surface area contributed by atoms with Crippen LogP contribution >= 0.6 is 15.9 Å². The van der Waals surface area contributed by atoms with Crippen molar-refractivity contribution in [1.29, 1.82) is 0 Å². The van der Waals surface area contributed by atoms with Gasteiger partial charge in [0.05, 0.1) is 0 Å². The van der Waals surface area contributed by atoms with Crippen molar-refractivity contribution in [2.45, 2.75) is 11.9 Å². The SMILES string of the molecule is CCN(CC(=O)O)S(=O)(=O)c1c(Br)nnn1C. The Labute approximate surface area is 106 Å². The minimum atomic E-state index is -3.92. The molecule has 0 saturated carbocycles. The smallest absolute Gasteiger partial charge is 0.318 e. The van der Waals surface area contributed by atoms with Gasteiger partial charge in [0.1, 0.15) is 6.54 Å². The molecule has 0 saturated heterocycles. The fourth-order valence-electron chi connectivity index (χ4n) is 1.24. The number of aliphatic carboxylic acids is 1. The highest BCUT2D eigenvalue weighted by molar-refractivity contribution is 9.10. The lowest BCUT2D eigenvalue weighted by atomic mass is 10.6. The Morgan fingerprint density at radius 1 is 1.59 bits per heavy atom. The lowest BCUT2D eigenvalue weighted by Gasteiger charge is -2.17. The van der Waals surface area contributed by atoms with E-state index in [0.717, 1.165) is 8.99 Å². The quantitative estimate of drug-likeness (QED) is 0.794. The van der Waals surface area contributed by atoms with Crippen LogP contribution in [-0.2, 0) is 21.9 Å². The molecule has 0 spiro atoms. The number of carbonyl (C=O) groups is 1. The van der Waals surface area contributed by atoms with Crippen molar-refractivity contribution in [2.75, 3.05) is 13.1 Å². The van der Waals surface area contributed by atoms with E-state index in [1.54, 1.807) is 6.92 Å². The van der Waals surface area contributed by atoms with Gasteiger partial charge in [0, 0.05) is 13.6 Å². The predicted octanol–water partition coefficient (Wildman–Crippen LogP) is -0.327. The fourth-order valence-corrected chi connectivity index (χ4v) is 3.67. The van der Waals surface area contributed by atoms with Crippen LogP contribution < -0.4 is 0 Å². The van der Waals surface area contributed by atoms with Crippen LogP contribution in [-0.4, -0.2) is 51.9 Å². The first-order valence-electron chi connectivity index (χ1n) is 4.57. The van der Waals surface area contributed by atoms with Crippen molar-refractivity contribution in [1.82, 2.24) is 19.3 Å². The maximum atomic E-state index is 12.1. The van der Waals surface area contributed by atoms with Gasteiger partial charge in [-0.25, -0.2) is 13.1 Å². The van der Waals surface area contributed by atoms with Gasteiger partial charge in [-0.05, 0) is 15.9 Å². The maximum absolute atomic E-state index is 12.1. The summed E-state index contributed by atoms with van der Waals surface area (Å²) >= 11 is 2.97. The normalized spacial score (nSPS) is 12.0. The summed E-state index contributed by atoms with van der Waals surface area (Å²) in [5.74, 6) is -1.22. The second-order valence-corrected chi connectivity index (χ2v) is 5.74. The molecule has 1 heterocycles. The van der Waals surface area contributed by atoms with Crippen molar-refractivity contribution >= 4 is 31.9 Å². The van der Waals surface area contributed by atoms with Crippen molar-refractivity contribution in [3.05, 3.63) is 4.60 Å². The van der Waals surface area contributed by atoms with E-state index >= 15 is 0 Å². The van der Waals surface area contributed by atoms with Gasteiger partial charge in [-0.1, -0.05) is 12.1 Å². The molecule has 0 aliphatic rings. The monoisotopic (exact) mass is 326 g/mol. The van der Waals surface area contributed by atoms with Crippen LogP contribution in [0.4, 0.5) is 0 Å². The van der Waals surface area contributed by atoms with E-state index in [2.05, 4.69) is 26.2 Å². The third kappa shape index (κ3) is 2.82. The Morgan fingerprint density at radius 2 is 2.18 bits per heavy atom. The first kappa shape index (κ1) is 14.1. The van der Waals surface area contributed by atoms with Crippen LogP contribution in [0.5, 0.6) is 0 Å². The summed E-state index contributed by atoms with van der Waals surface area (Å²) in [5, 5.41) is 15.6. The molecule has 1 N–H and O–H groups in total. The van der Waals surface area contributed by atoms with Gasteiger partial charge in [-0.15, -0.1) is 5.10 Å². The molecule has 0 bridgehead atoms. The summed E-state index contributed by atoms with van der Waals surface area (Å²) in [6.45, 7) is 1.00. The van der Waals surface area contributed by atoms with Gasteiger partial charge < -0.3 is 5.11 Å². The minimum Gasteiger partial charge on any atom is -0.480 e. The third-order valence-electron chi connectivity index (χ3n) is 1.99. The Hall–Kier alpha value is -1.00. The Bertz CT molecular complexity index is 506. The highest BCUT2D eigenvalue weighted by Gasteiger charge is 2.31. The van der Waals surface area contributed by atoms with Gasteiger partial charge in [-0.2, -0.15) is 4.31 Å². The molecule has 1 rings (SSSR count). The van der Waals surface area contributed by atoms with Crippen LogP contribution in [0.15, 0.2) is 9.63 Å². The standard InChI is InChI=1S/C7H11BrN4O4S/c1-3-12(4-5(13)14)17(15,16)7-6(8)9-10-11(7)2/h3-4H2,1-2H3,(H,13,14). The third-order valence-corrected chi connectivity index (χ3v) is 4.80. The summed E-state index contributed by atoms with van der Waals surface area (Å²) in [6.07, 6.45) is 0. The minimum absolute atomic E-state index is 0.0479. The maximum Gasteiger partial charge on any atom is 0.318 e. The average molecular weight is 327 g/mol. The second kappa shape index (κ2) is 5.10. The van der Waals surface area contributed by atoms with E-state index in [1.807, 2.05) is 0 Å². The molecular weight excluding hydrogens is 316 g/mol. The van der Waals surface area contributed by atoms with Gasteiger partial charge in [0.2, 0.25) is 5.03 Å². The second-order valence-electron chi connectivity index (χ2n) is 3.13. The number of hydrogen-bond donors (Lipinski definition) is 1. The summed E-state index contributed by atoms with van der Waals surface area (Å²) in [4.78, 5) is 10.6. The number of sulfonamides is 1. The number of carboxylic acids is 1. The molecule has 0 fully saturated rings. The molecule has 0 amide bonds. The topological polar surface area (TPSA) is 105 Å². The molecule has 1 aromatic rings. The molecule has 1 aromatic heterocycles. The van der Waals surface area contributed by atoms with Crippen molar-refractivity contribution in [3.63, 3.8) is 0 Å². The number of rotatable bonds is 5. The Morgan fingerprint density at radius 3 is 2.53 bits per heavy atom. The molecule has 10 heteroatoms. The molecular formula is C7H11BrN4O4S. The molecule has 0 unspecified atom stereocenters. The molecule has 96 valence electrons. The summed E-state index contributed by atoms with van der Waals surface area (Å²) < 4.78 is 26.2. The highest BCUT2D eigenvalue weighted by Crippen LogP contribution is 2.21. The van der Waals surface area contributed by atoms with Crippen LogP contribution in [0.3, 0.4) is 0 Å². The number of aromatic nitrogens is 3. The number of halogens is 1. The van der Waals surface area contributed by atoms with Gasteiger partial charge in [-0.3, -0.25) is 4.79 Å². The molecule has 8 nitrogen and oxygen atoms in total. The first-order chi connectivity index (χ1) is 7.80. The van der Waals surface area contributed by atoms with E-state index in [-0.39, 0.29) is 16.2 Å². The van der Waals surface area contributed by atoms with E-state index in [9.17, 15) is 13.2 Å². The Balaban J connectivity index is 3.22. The van der Waals surface area contributed by atoms with E-state index in [1.165, 1.54) is 7.05 Å². The van der Waals surface area contributed by atoms with E-state index in [4.69, 9.17) is 5.11 Å². The van der Waals surface area contributed by atoms with E-state index in [0.29, 0.717) is 0 Å². The van der Waals surface area contributed by atoms with Crippen LogP contribution in [0.2, 0.25) is 0 Å². The largest absolute Gasteiger partial charge is 0.480 e. The zero-order valence-corrected chi connectivity index (χ0v) is 11.6. The van der Waals surface area contributed by atoms with Gasteiger partial charge in [0.15, 0.2) is 4.60 Å². The molecule has 0 aliphatic heterocycles. The number of aryl methyl sites for hydroxylation is 1. The molecule has 0 aliphatic carbocycles. The van der Waals surface area contributed by atoms with E-state index < -0.39 is 22.5 Å². The number of hydrogen-bond acceptors (Lipinski definition) is 5. The predicted molar refractivity (Wildman–Crippen MR) is 60.8 cm³/mol. The lowest BCUT2D eigenvalue weighted by molar-refractivity contribution is -0.137. The number of likely N-dealkylation sites (N-methyl/N-ethyl adjacent to an activating group) is 1. The molecule has 0 atom stereocenters. The van der Waals surface area contributed by atoms with Crippen molar-refractivity contribution < 1.29 is 18.3 Å². The zero-order chi connectivity index (χ0) is 13.2. The van der Waals surface area contributed by atoms with Gasteiger partial charge in [0.25, 0.3) is 10.0 Å². The van der Waals surface area contributed by atoms with Crippen LogP contribution in [0, 0.1) is 0 Å². The number of carboxylic acid groups (broad SMARTS) is 1. The summed E-state index contributed by atoms with van der Waals surface area (Å²) in [7, 11) is -2.50. The van der Waals surface area contributed by atoms with Crippen molar-refractivity contribution in [2.24, 2.45) is 7.05 Å². The molecule has 0 aromatic carbocycles. The average Bonchev–Trinajstić information content (AvgIpc) is 2.54. The number of nitrogens with zero attached hydrogens (tertiary/aromatic N) is 4. The van der Waals surface area contributed by atoms with Crippen LogP contribution in [0.25, 0.3) is 0 Å².